The molecular weight excluding hydrogens is 146 g/mol. The van der Waals surface area contributed by atoms with Crippen molar-refractivity contribution in [2.75, 3.05) is 6.61 Å². The third-order valence-corrected chi connectivity index (χ3v) is 2.39. The average molecular weight is 157 g/mol. The van der Waals surface area contributed by atoms with Crippen LogP contribution in [0.4, 0.5) is 0 Å². The molecule has 1 unspecified atom stereocenters. The Hall–Kier alpha value is -0.610. The second-order valence-corrected chi connectivity index (χ2v) is 3.10. The van der Waals surface area contributed by atoms with Crippen LogP contribution in [-0.2, 0) is 9.53 Å². The first-order chi connectivity index (χ1) is 5.27. The van der Waals surface area contributed by atoms with Crippen molar-refractivity contribution in [2.24, 2.45) is 0 Å². The van der Waals surface area contributed by atoms with E-state index in [1.165, 1.54) is 0 Å². The lowest BCUT2D eigenvalue weighted by Gasteiger charge is -2.05. The molecule has 0 radical (unpaired) electrons. The largest absolute Gasteiger partial charge is 0.480 e. The highest BCUT2D eigenvalue weighted by Gasteiger charge is 2.40. The minimum absolute atomic E-state index is 0.149. The summed E-state index contributed by atoms with van der Waals surface area (Å²) in [4.78, 5) is 10.5. The van der Waals surface area contributed by atoms with E-state index in [0.29, 0.717) is 6.42 Å². The lowest BCUT2D eigenvalue weighted by molar-refractivity contribution is -0.139. The van der Waals surface area contributed by atoms with E-state index < -0.39 is 5.97 Å². The van der Waals surface area contributed by atoms with Crippen LogP contribution in [0.25, 0.3) is 0 Å². The first-order valence-corrected chi connectivity index (χ1v) is 3.88. The Morgan fingerprint density at radius 1 is 1.64 bits per heavy atom. The SMILES string of the molecule is O=C(O)C1C[C@H]2OCC[C@@H]2N1. The molecule has 4 nitrogen and oxygen atoms in total. The predicted molar refractivity (Wildman–Crippen MR) is 37.3 cm³/mol. The highest BCUT2D eigenvalue weighted by Crippen LogP contribution is 2.24. The van der Waals surface area contributed by atoms with E-state index in [1.807, 2.05) is 0 Å². The van der Waals surface area contributed by atoms with Crippen molar-refractivity contribution in [3.05, 3.63) is 0 Å². The number of carboxylic acid groups (broad SMARTS) is 1. The molecule has 0 saturated carbocycles. The Morgan fingerprint density at radius 2 is 2.45 bits per heavy atom. The van der Waals surface area contributed by atoms with Crippen LogP contribution in [0, 0.1) is 0 Å². The Bertz CT molecular complexity index is 171. The van der Waals surface area contributed by atoms with Crippen molar-refractivity contribution < 1.29 is 14.6 Å². The van der Waals surface area contributed by atoms with E-state index in [9.17, 15) is 4.79 Å². The molecule has 2 rings (SSSR count). The Kier molecular flexibility index (Phi) is 1.58. The molecule has 0 spiro atoms. The zero-order chi connectivity index (χ0) is 7.84. The van der Waals surface area contributed by atoms with Gasteiger partial charge < -0.3 is 9.84 Å². The third kappa shape index (κ3) is 1.12. The average Bonchev–Trinajstić information content (AvgIpc) is 2.40. The number of carbonyl (C=O) groups is 1. The molecular formula is C7H11NO3. The molecule has 2 fully saturated rings. The molecule has 0 amide bonds. The van der Waals surface area contributed by atoms with Gasteiger partial charge in [0.1, 0.15) is 6.04 Å². The van der Waals surface area contributed by atoms with E-state index >= 15 is 0 Å². The summed E-state index contributed by atoms with van der Waals surface area (Å²) in [5.41, 5.74) is 0. The molecule has 2 N–H and O–H groups in total. The van der Waals surface area contributed by atoms with Gasteiger partial charge in [0.25, 0.3) is 0 Å². The summed E-state index contributed by atoms with van der Waals surface area (Å²) in [6.45, 7) is 0.772. The lowest BCUT2D eigenvalue weighted by Crippen LogP contribution is -2.35. The molecule has 2 aliphatic heterocycles. The smallest absolute Gasteiger partial charge is 0.320 e. The van der Waals surface area contributed by atoms with Gasteiger partial charge in [-0.15, -0.1) is 0 Å². The minimum Gasteiger partial charge on any atom is -0.480 e. The van der Waals surface area contributed by atoms with Crippen LogP contribution in [0.5, 0.6) is 0 Å². The normalized spacial score (nSPS) is 42.4. The number of rotatable bonds is 1. The van der Waals surface area contributed by atoms with Crippen LogP contribution in [0.15, 0.2) is 0 Å². The summed E-state index contributed by atoms with van der Waals surface area (Å²) in [6, 6.07) is -0.0959. The van der Waals surface area contributed by atoms with Crippen LogP contribution in [-0.4, -0.2) is 35.9 Å². The van der Waals surface area contributed by atoms with Gasteiger partial charge in [-0.2, -0.15) is 0 Å². The predicted octanol–water partition coefficient (Wildman–Crippen LogP) is -0.410. The molecule has 0 bridgehead atoms. The molecule has 0 aromatic rings. The second kappa shape index (κ2) is 2.46. The van der Waals surface area contributed by atoms with Crippen molar-refractivity contribution in [3.63, 3.8) is 0 Å². The van der Waals surface area contributed by atoms with Gasteiger partial charge in [-0.05, 0) is 6.42 Å². The van der Waals surface area contributed by atoms with Crippen molar-refractivity contribution in [1.82, 2.24) is 5.32 Å². The van der Waals surface area contributed by atoms with E-state index in [4.69, 9.17) is 9.84 Å². The molecule has 2 saturated heterocycles. The maximum absolute atomic E-state index is 10.5. The van der Waals surface area contributed by atoms with Gasteiger partial charge in [0.15, 0.2) is 0 Å². The monoisotopic (exact) mass is 157 g/mol. The number of carboxylic acids is 1. The van der Waals surface area contributed by atoms with Gasteiger partial charge in [-0.3, -0.25) is 10.1 Å². The number of hydrogen-bond acceptors (Lipinski definition) is 3. The molecule has 62 valence electrons. The van der Waals surface area contributed by atoms with Gasteiger partial charge in [0.2, 0.25) is 0 Å². The number of hydrogen-bond donors (Lipinski definition) is 2. The lowest BCUT2D eigenvalue weighted by atomic mass is 10.1. The van der Waals surface area contributed by atoms with Crippen LogP contribution in [0.2, 0.25) is 0 Å². The van der Waals surface area contributed by atoms with Crippen molar-refractivity contribution in [3.8, 4) is 0 Å². The summed E-state index contributed by atoms with van der Waals surface area (Å²) in [6.07, 6.45) is 1.73. The standard InChI is InChI=1S/C7H11NO3/c9-7(10)5-3-6-4(8-5)1-2-11-6/h4-6,8H,1-3H2,(H,9,10)/t4-,5?,6+/m0/s1. The molecule has 0 aromatic carbocycles. The quantitative estimate of drug-likeness (QED) is 0.543. The zero-order valence-corrected chi connectivity index (χ0v) is 6.12. The Balaban J connectivity index is 1.99. The van der Waals surface area contributed by atoms with E-state index in [1.54, 1.807) is 0 Å². The van der Waals surface area contributed by atoms with Crippen molar-refractivity contribution >= 4 is 5.97 Å². The molecule has 0 aliphatic carbocycles. The van der Waals surface area contributed by atoms with Gasteiger partial charge in [-0.1, -0.05) is 0 Å². The van der Waals surface area contributed by atoms with E-state index in [0.717, 1.165) is 13.0 Å². The van der Waals surface area contributed by atoms with Crippen LogP contribution in [0.1, 0.15) is 12.8 Å². The summed E-state index contributed by atoms with van der Waals surface area (Å²) >= 11 is 0. The molecule has 3 atom stereocenters. The van der Waals surface area contributed by atoms with Gasteiger partial charge in [0, 0.05) is 19.1 Å². The molecule has 2 aliphatic rings. The van der Waals surface area contributed by atoms with Crippen molar-refractivity contribution in [2.45, 2.75) is 31.0 Å². The summed E-state index contributed by atoms with van der Waals surface area (Å²) in [5.74, 6) is -0.761. The van der Waals surface area contributed by atoms with E-state index in [-0.39, 0.29) is 18.2 Å². The molecule has 11 heavy (non-hydrogen) atoms. The van der Waals surface area contributed by atoms with Crippen LogP contribution >= 0.6 is 0 Å². The highest BCUT2D eigenvalue weighted by molar-refractivity contribution is 5.74. The fraction of sp³-hybridized carbons (Fsp3) is 0.857. The highest BCUT2D eigenvalue weighted by atomic mass is 16.5. The molecule has 0 aromatic heterocycles. The fourth-order valence-electron chi connectivity index (χ4n) is 1.80. The van der Waals surface area contributed by atoms with Crippen LogP contribution < -0.4 is 5.32 Å². The molecule has 2 heterocycles. The summed E-state index contributed by atoms with van der Waals surface area (Å²) < 4.78 is 5.33. The maximum atomic E-state index is 10.5. The van der Waals surface area contributed by atoms with Crippen molar-refractivity contribution in [1.29, 1.82) is 0 Å². The fourth-order valence-corrected chi connectivity index (χ4v) is 1.80. The first-order valence-electron chi connectivity index (χ1n) is 3.88. The number of fused-ring (bicyclic) bond motifs is 1. The summed E-state index contributed by atoms with van der Waals surface area (Å²) in [5, 5.41) is 11.7. The Morgan fingerprint density at radius 3 is 3.09 bits per heavy atom. The third-order valence-electron chi connectivity index (χ3n) is 2.39. The Labute approximate surface area is 64.5 Å². The van der Waals surface area contributed by atoms with Crippen LogP contribution in [0.3, 0.4) is 0 Å². The number of ether oxygens (including phenoxy) is 1. The zero-order valence-electron chi connectivity index (χ0n) is 6.12. The molecule has 4 heteroatoms. The minimum atomic E-state index is -0.761. The second-order valence-electron chi connectivity index (χ2n) is 3.10. The summed E-state index contributed by atoms with van der Waals surface area (Å²) in [7, 11) is 0. The number of nitrogens with one attached hydrogen (secondary N) is 1. The van der Waals surface area contributed by atoms with Gasteiger partial charge in [0.05, 0.1) is 6.10 Å². The first kappa shape index (κ1) is 7.06. The topological polar surface area (TPSA) is 58.6 Å². The van der Waals surface area contributed by atoms with Gasteiger partial charge in [-0.25, -0.2) is 0 Å². The number of aliphatic carboxylic acids is 1. The van der Waals surface area contributed by atoms with Gasteiger partial charge >= 0.3 is 5.97 Å². The maximum Gasteiger partial charge on any atom is 0.320 e. The van der Waals surface area contributed by atoms with E-state index in [2.05, 4.69) is 5.32 Å².